The molecular weight excluding hydrogens is 436 g/mol. The Morgan fingerprint density at radius 3 is 2.32 bits per heavy atom. The van der Waals surface area contributed by atoms with Gasteiger partial charge < -0.3 is 15.4 Å². The third kappa shape index (κ3) is 4.53. The second kappa shape index (κ2) is 8.03. The minimum Gasteiger partial charge on any atom is -0.465 e. The number of amides is 1. The number of fused-ring (bicyclic) bond motifs is 1. The van der Waals surface area contributed by atoms with Crippen molar-refractivity contribution in [3.8, 4) is 0 Å². The van der Waals surface area contributed by atoms with Crippen LogP contribution in [0.3, 0.4) is 0 Å². The average Bonchev–Trinajstić information content (AvgIpc) is 3.04. The Morgan fingerprint density at radius 2 is 1.77 bits per heavy atom. The summed E-state index contributed by atoms with van der Waals surface area (Å²) in [5.74, 6) is -0.929. The molecule has 1 aliphatic heterocycles. The molecule has 9 heteroatoms. The van der Waals surface area contributed by atoms with Crippen molar-refractivity contribution < 1.29 is 22.7 Å². The lowest BCUT2D eigenvalue weighted by molar-refractivity contribution is 0.0600. The van der Waals surface area contributed by atoms with Crippen LogP contribution in [0, 0.1) is 0 Å². The molecule has 2 heterocycles. The smallest absolute Gasteiger partial charge is 0.341 e. The van der Waals surface area contributed by atoms with Crippen LogP contribution < -0.4 is 10.6 Å². The summed E-state index contributed by atoms with van der Waals surface area (Å²) in [5.41, 5.74) is 0.940. The lowest BCUT2D eigenvalue weighted by atomic mass is 9.81. The first kappa shape index (κ1) is 23.4. The van der Waals surface area contributed by atoms with Gasteiger partial charge in [0.15, 0.2) is 9.84 Å². The fourth-order valence-electron chi connectivity index (χ4n) is 4.09. The van der Waals surface area contributed by atoms with Crippen molar-refractivity contribution in [1.29, 1.82) is 0 Å². The van der Waals surface area contributed by atoms with Crippen LogP contribution in [0.5, 0.6) is 0 Å². The molecule has 0 spiro atoms. The molecule has 0 radical (unpaired) electrons. The zero-order valence-corrected chi connectivity index (χ0v) is 20.2. The van der Waals surface area contributed by atoms with Gasteiger partial charge in [0, 0.05) is 21.5 Å². The molecule has 168 valence electrons. The minimum absolute atomic E-state index is 0.0120. The molecule has 1 aromatic heterocycles. The number of anilines is 1. The summed E-state index contributed by atoms with van der Waals surface area (Å²) in [6.07, 6.45) is 0.617. The summed E-state index contributed by atoms with van der Waals surface area (Å²) in [6, 6.07) is 5.78. The molecule has 0 atom stereocenters. The molecule has 0 saturated carbocycles. The molecular formula is C22H28N2O5S2. The summed E-state index contributed by atoms with van der Waals surface area (Å²) < 4.78 is 29.0. The summed E-state index contributed by atoms with van der Waals surface area (Å²) in [7, 11) is -2.02. The van der Waals surface area contributed by atoms with E-state index in [2.05, 4.69) is 24.5 Å². The highest BCUT2D eigenvalue weighted by Crippen LogP contribution is 2.45. The van der Waals surface area contributed by atoms with E-state index < -0.39 is 21.7 Å². The molecule has 2 aromatic rings. The highest BCUT2D eigenvalue weighted by molar-refractivity contribution is 7.91. The Morgan fingerprint density at radius 1 is 1.16 bits per heavy atom. The fraction of sp³-hybridized carbons (Fsp3) is 0.455. The number of hydrogen-bond donors (Lipinski definition) is 2. The van der Waals surface area contributed by atoms with Crippen molar-refractivity contribution in [1.82, 2.24) is 5.32 Å². The van der Waals surface area contributed by atoms with Crippen LogP contribution >= 0.6 is 11.3 Å². The molecule has 2 N–H and O–H groups in total. The third-order valence-electron chi connectivity index (χ3n) is 5.32. The predicted octanol–water partition coefficient (Wildman–Crippen LogP) is 3.74. The van der Waals surface area contributed by atoms with Crippen molar-refractivity contribution in [2.24, 2.45) is 0 Å². The van der Waals surface area contributed by atoms with Gasteiger partial charge in [-0.05, 0) is 63.9 Å². The highest BCUT2D eigenvalue weighted by Gasteiger charge is 2.42. The number of sulfone groups is 1. The maximum absolute atomic E-state index is 12.9. The van der Waals surface area contributed by atoms with Gasteiger partial charge in [0.05, 0.1) is 23.3 Å². The second-order valence-electron chi connectivity index (χ2n) is 8.80. The first-order valence-corrected chi connectivity index (χ1v) is 12.5. The number of esters is 1. The van der Waals surface area contributed by atoms with Gasteiger partial charge in [-0.1, -0.05) is 6.92 Å². The number of hydrogen-bond acceptors (Lipinski definition) is 7. The molecule has 0 unspecified atom stereocenters. The topological polar surface area (TPSA) is 102 Å². The van der Waals surface area contributed by atoms with Gasteiger partial charge in [-0.15, -0.1) is 11.3 Å². The quantitative estimate of drug-likeness (QED) is 0.654. The lowest BCUT2D eigenvalue weighted by Crippen LogP contribution is -2.55. The molecule has 0 saturated heterocycles. The third-order valence-corrected chi connectivity index (χ3v) is 8.54. The Labute approximate surface area is 187 Å². The van der Waals surface area contributed by atoms with E-state index in [9.17, 15) is 18.0 Å². The summed E-state index contributed by atoms with van der Waals surface area (Å²) >= 11 is 1.36. The number of thiophene rings is 1. The van der Waals surface area contributed by atoms with E-state index in [1.165, 1.54) is 42.7 Å². The highest BCUT2D eigenvalue weighted by atomic mass is 32.2. The Hall–Kier alpha value is -2.23. The van der Waals surface area contributed by atoms with Gasteiger partial charge >= 0.3 is 5.97 Å². The molecule has 7 nitrogen and oxygen atoms in total. The largest absolute Gasteiger partial charge is 0.465 e. The Bertz CT molecular complexity index is 1130. The predicted molar refractivity (Wildman–Crippen MR) is 122 cm³/mol. The minimum atomic E-state index is -3.34. The summed E-state index contributed by atoms with van der Waals surface area (Å²) in [5, 5.41) is 6.85. The van der Waals surface area contributed by atoms with Gasteiger partial charge in [0.1, 0.15) is 5.00 Å². The normalized spacial score (nSPS) is 17.0. The van der Waals surface area contributed by atoms with E-state index in [-0.39, 0.29) is 21.7 Å². The zero-order valence-electron chi connectivity index (χ0n) is 18.6. The second-order valence-corrected chi connectivity index (χ2v) is 12.1. The van der Waals surface area contributed by atoms with Crippen LogP contribution in [0.25, 0.3) is 0 Å². The standard InChI is InChI=1S/C22H28N2O5S2/c1-7-31(27,28)14-10-8-13(9-11-14)18(25)23-19-16(20(26)29-6)15-12-21(2,3)24-22(4,5)17(15)30-19/h8-11,24H,7,12H2,1-6H3,(H,23,25). The maximum Gasteiger partial charge on any atom is 0.341 e. The maximum atomic E-state index is 12.9. The van der Waals surface area contributed by atoms with Gasteiger partial charge in [0.2, 0.25) is 0 Å². The van der Waals surface area contributed by atoms with Crippen molar-refractivity contribution >= 4 is 38.1 Å². The van der Waals surface area contributed by atoms with Crippen LogP contribution in [0.2, 0.25) is 0 Å². The molecule has 0 fully saturated rings. The van der Waals surface area contributed by atoms with E-state index in [0.29, 0.717) is 22.5 Å². The molecule has 31 heavy (non-hydrogen) atoms. The molecule has 3 rings (SSSR count). The summed E-state index contributed by atoms with van der Waals surface area (Å²) in [6.45, 7) is 9.80. The average molecular weight is 465 g/mol. The van der Waals surface area contributed by atoms with Gasteiger partial charge in [-0.3, -0.25) is 4.79 Å². The Kier molecular flexibility index (Phi) is 6.07. The van der Waals surface area contributed by atoms with Crippen LogP contribution in [0.1, 0.15) is 65.8 Å². The molecule has 0 bridgehead atoms. The molecule has 0 aliphatic carbocycles. The fourth-order valence-corrected chi connectivity index (χ4v) is 6.23. The number of carbonyl (C=O) groups is 2. The van der Waals surface area contributed by atoms with E-state index >= 15 is 0 Å². The van der Waals surface area contributed by atoms with Crippen molar-refractivity contribution in [2.75, 3.05) is 18.2 Å². The van der Waals surface area contributed by atoms with E-state index in [1.807, 2.05) is 13.8 Å². The van der Waals surface area contributed by atoms with E-state index in [1.54, 1.807) is 6.92 Å². The van der Waals surface area contributed by atoms with Crippen LogP contribution in [-0.2, 0) is 26.5 Å². The molecule has 1 amide bonds. The van der Waals surface area contributed by atoms with Crippen molar-refractivity contribution in [3.05, 3.63) is 45.8 Å². The number of methoxy groups -OCH3 is 1. The van der Waals surface area contributed by atoms with Crippen LogP contribution in [-0.4, -0.2) is 38.7 Å². The number of nitrogens with one attached hydrogen (secondary N) is 2. The van der Waals surface area contributed by atoms with Crippen molar-refractivity contribution in [3.63, 3.8) is 0 Å². The monoisotopic (exact) mass is 464 g/mol. The Balaban J connectivity index is 1.99. The summed E-state index contributed by atoms with van der Waals surface area (Å²) in [4.78, 5) is 26.7. The lowest BCUT2D eigenvalue weighted by Gasteiger charge is -2.42. The number of rotatable bonds is 5. The zero-order chi connectivity index (χ0) is 23.2. The van der Waals surface area contributed by atoms with E-state index in [0.717, 1.165) is 10.4 Å². The van der Waals surface area contributed by atoms with Gasteiger partial charge in [0.25, 0.3) is 5.91 Å². The SMILES string of the molecule is CCS(=O)(=O)c1ccc(C(=O)Nc2sc3c(c2C(=O)OC)CC(C)(C)NC3(C)C)cc1. The first-order valence-electron chi connectivity index (χ1n) is 9.99. The first-order chi connectivity index (χ1) is 14.3. The number of carbonyl (C=O) groups excluding carboxylic acids is 2. The van der Waals surface area contributed by atoms with Crippen LogP contribution in [0.15, 0.2) is 29.2 Å². The molecule has 1 aromatic carbocycles. The molecule has 1 aliphatic rings. The van der Waals surface area contributed by atoms with Crippen LogP contribution in [0.4, 0.5) is 5.00 Å². The number of benzene rings is 1. The van der Waals surface area contributed by atoms with E-state index in [4.69, 9.17) is 4.74 Å². The number of ether oxygens (including phenoxy) is 1. The van der Waals surface area contributed by atoms with Gasteiger partial charge in [-0.25, -0.2) is 13.2 Å². The van der Waals surface area contributed by atoms with Crippen molar-refractivity contribution in [2.45, 2.75) is 57.0 Å². The van der Waals surface area contributed by atoms with Gasteiger partial charge in [-0.2, -0.15) is 0 Å².